The molecule has 2 amide bonds. The number of nitro groups is 1. The van der Waals surface area contributed by atoms with Crippen LogP contribution in [0.4, 0.5) is 11.4 Å². The molecule has 1 aromatic heterocycles. The maximum Gasteiger partial charge on any atom is 0.313 e. The van der Waals surface area contributed by atoms with Crippen molar-refractivity contribution in [2.75, 3.05) is 25.0 Å². The topological polar surface area (TPSA) is 117 Å². The Balaban J connectivity index is 1.41. The summed E-state index contributed by atoms with van der Waals surface area (Å²) in [5, 5.41) is 16.0. The van der Waals surface area contributed by atoms with E-state index in [1.54, 1.807) is 19.3 Å². The Morgan fingerprint density at radius 3 is 2.50 bits per heavy atom. The molecule has 2 aromatic rings. The number of rotatable bonds is 6. The first-order valence-electron chi connectivity index (χ1n) is 9.88. The van der Waals surface area contributed by atoms with E-state index in [-0.39, 0.29) is 5.69 Å². The van der Waals surface area contributed by atoms with Crippen LogP contribution in [-0.4, -0.2) is 46.3 Å². The fraction of sp³-hybridized carbons (Fsp3) is 0.381. The van der Waals surface area contributed by atoms with Crippen LogP contribution in [0, 0.1) is 23.0 Å². The van der Waals surface area contributed by atoms with Gasteiger partial charge in [-0.2, -0.15) is 0 Å². The molecule has 9 heteroatoms. The standard InChI is InChI=1S/C21H25N5O4/c1-15-12-18(26(29)30)2-3-19(15)24-21(28)20(27)23-13-16-6-10-25(11-7-16)14-17-4-8-22-9-5-17/h2-5,8-9,12,16H,6-7,10-11,13-14H2,1H3,(H,23,27)(H,24,28). The van der Waals surface area contributed by atoms with E-state index in [2.05, 4.69) is 20.5 Å². The lowest BCUT2D eigenvalue weighted by molar-refractivity contribution is -0.384. The molecule has 0 aliphatic carbocycles. The van der Waals surface area contributed by atoms with Gasteiger partial charge in [-0.3, -0.25) is 29.6 Å². The molecule has 1 aliphatic rings. The summed E-state index contributed by atoms with van der Waals surface area (Å²) in [7, 11) is 0. The lowest BCUT2D eigenvalue weighted by atomic mass is 9.96. The molecule has 1 saturated heterocycles. The van der Waals surface area contributed by atoms with Crippen molar-refractivity contribution in [3.8, 4) is 0 Å². The van der Waals surface area contributed by atoms with Crippen LogP contribution in [-0.2, 0) is 16.1 Å². The quantitative estimate of drug-likeness (QED) is 0.428. The maximum absolute atomic E-state index is 12.1. The highest BCUT2D eigenvalue weighted by Gasteiger charge is 2.22. The lowest BCUT2D eigenvalue weighted by Crippen LogP contribution is -2.41. The van der Waals surface area contributed by atoms with Gasteiger partial charge in [0.1, 0.15) is 0 Å². The highest BCUT2D eigenvalue weighted by molar-refractivity contribution is 6.39. The molecule has 1 fully saturated rings. The minimum absolute atomic E-state index is 0.0646. The maximum atomic E-state index is 12.1. The van der Waals surface area contributed by atoms with E-state index >= 15 is 0 Å². The molecule has 1 aromatic carbocycles. The van der Waals surface area contributed by atoms with E-state index in [1.165, 1.54) is 23.8 Å². The summed E-state index contributed by atoms with van der Waals surface area (Å²) in [6.45, 7) is 4.86. The van der Waals surface area contributed by atoms with E-state index in [4.69, 9.17) is 0 Å². The molecule has 3 rings (SSSR count). The molecule has 9 nitrogen and oxygen atoms in total. The second kappa shape index (κ2) is 9.93. The summed E-state index contributed by atoms with van der Waals surface area (Å²) in [5.41, 5.74) is 2.07. The Labute approximate surface area is 174 Å². The monoisotopic (exact) mass is 411 g/mol. The first-order chi connectivity index (χ1) is 14.4. The van der Waals surface area contributed by atoms with Crippen LogP contribution in [0.15, 0.2) is 42.7 Å². The molecule has 0 spiro atoms. The third-order valence-electron chi connectivity index (χ3n) is 5.29. The number of carbonyl (C=O) groups excluding carboxylic acids is 2. The average molecular weight is 411 g/mol. The number of piperidine rings is 1. The number of nitrogens with one attached hydrogen (secondary N) is 2. The SMILES string of the molecule is Cc1cc([N+](=O)[O-])ccc1NC(=O)C(=O)NCC1CCN(Cc2ccncc2)CC1. The predicted molar refractivity (Wildman–Crippen MR) is 112 cm³/mol. The predicted octanol–water partition coefficient (Wildman–Crippen LogP) is 2.27. The second-order valence-electron chi connectivity index (χ2n) is 7.50. The molecular formula is C21H25N5O4. The van der Waals surface area contributed by atoms with Crippen molar-refractivity contribution < 1.29 is 14.5 Å². The average Bonchev–Trinajstić information content (AvgIpc) is 2.75. The summed E-state index contributed by atoms with van der Waals surface area (Å²) in [6.07, 6.45) is 5.49. The van der Waals surface area contributed by atoms with Gasteiger partial charge in [0.25, 0.3) is 5.69 Å². The van der Waals surface area contributed by atoms with Gasteiger partial charge in [-0.15, -0.1) is 0 Å². The summed E-state index contributed by atoms with van der Waals surface area (Å²) in [5.74, 6) is -1.15. The number of non-ortho nitro benzene ring substituents is 1. The van der Waals surface area contributed by atoms with Gasteiger partial charge in [0.2, 0.25) is 0 Å². The van der Waals surface area contributed by atoms with Gasteiger partial charge in [-0.05, 0) is 68.1 Å². The van der Waals surface area contributed by atoms with E-state index in [0.29, 0.717) is 23.7 Å². The van der Waals surface area contributed by atoms with Crippen LogP contribution in [0.25, 0.3) is 0 Å². The number of likely N-dealkylation sites (tertiary alicyclic amines) is 1. The first kappa shape index (κ1) is 21.4. The minimum atomic E-state index is -0.776. The Morgan fingerprint density at radius 2 is 1.87 bits per heavy atom. The van der Waals surface area contributed by atoms with Crippen LogP contribution in [0.5, 0.6) is 0 Å². The highest BCUT2D eigenvalue weighted by Crippen LogP contribution is 2.21. The number of benzene rings is 1. The van der Waals surface area contributed by atoms with Gasteiger partial charge in [0, 0.05) is 43.3 Å². The van der Waals surface area contributed by atoms with Crippen LogP contribution < -0.4 is 10.6 Å². The Bertz CT molecular complexity index is 911. The molecule has 0 saturated carbocycles. The molecule has 2 heterocycles. The first-order valence-corrected chi connectivity index (χ1v) is 9.88. The third kappa shape index (κ3) is 5.84. The molecule has 0 unspecified atom stereocenters. The molecule has 0 radical (unpaired) electrons. The van der Waals surface area contributed by atoms with Gasteiger partial charge in [0.05, 0.1) is 4.92 Å². The Hall–Kier alpha value is -3.33. The number of nitrogens with zero attached hydrogens (tertiary/aromatic N) is 3. The molecule has 0 atom stereocenters. The van der Waals surface area contributed by atoms with E-state index in [1.807, 2.05) is 12.1 Å². The van der Waals surface area contributed by atoms with Crippen LogP contribution in [0.1, 0.15) is 24.0 Å². The number of carbonyl (C=O) groups is 2. The van der Waals surface area contributed by atoms with Crippen molar-refractivity contribution in [2.24, 2.45) is 5.92 Å². The number of nitro benzene ring substituents is 1. The van der Waals surface area contributed by atoms with Crippen molar-refractivity contribution in [3.63, 3.8) is 0 Å². The summed E-state index contributed by atoms with van der Waals surface area (Å²) in [4.78, 5) is 41.0. The van der Waals surface area contributed by atoms with Crippen molar-refractivity contribution >= 4 is 23.2 Å². The van der Waals surface area contributed by atoms with Crippen molar-refractivity contribution in [2.45, 2.75) is 26.3 Å². The fourth-order valence-corrected chi connectivity index (χ4v) is 3.49. The van der Waals surface area contributed by atoms with Crippen LogP contribution in [0.3, 0.4) is 0 Å². The Kier molecular flexibility index (Phi) is 7.08. The van der Waals surface area contributed by atoms with Gasteiger partial charge >= 0.3 is 11.8 Å². The van der Waals surface area contributed by atoms with Gasteiger partial charge < -0.3 is 10.6 Å². The van der Waals surface area contributed by atoms with E-state index in [0.717, 1.165) is 32.5 Å². The number of aromatic nitrogens is 1. The summed E-state index contributed by atoms with van der Waals surface area (Å²) in [6, 6.07) is 8.10. The Morgan fingerprint density at radius 1 is 1.17 bits per heavy atom. The van der Waals surface area contributed by atoms with Crippen molar-refractivity contribution in [1.82, 2.24) is 15.2 Å². The van der Waals surface area contributed by atoms with Crippen molar-refractivity contribution in [3.05, 3.63) is 64.0 Å². The normalized spacial score (nSPS) is 14.8. The fourth-order valence-electron chi connectivity index (χ4n) is 3.49. The number of pyridine rings is 1. The summed E-state index contributed by atoms with van der Waals surface area (Å²) < 4.78 is 0. The second-order valence-corrected chi connectivity index (χ2v) is 7.50. The van der Waals surface area contributed by atoms with Crippen LogP contribution in [0.2, 0.25) is 0 Å². The number of hydrogen-bond acceptors (Lipinski definition) is 6. The lowest BCUT2D eigenvalue weighted by Gasteiger charge is -2.32. The molecular weight excluding hydrogens is 386 g/mol. The van der Waals surface area contributed by atoms with Crippen LogP contribution >= 0.6 is 0 Å². The number of hydrogen-bond donors (Lipinski definition) is 2. The zero-order valence-electron chi connectivity index (χ0n) is 16.8. The minimum Gasteiger partial charge on any atom is -0.348 e. The zero-order chi connectivity index (χ0) is 21.5. The molecule has 158 valence electrons. The highest BCUT2D eigenvalue weighted by atomic mass is 16.6. The van der Waals surface area contributed by atoms with Crippen molar-refractivity contribution in [1.29, 1.82) is 0 Å². The third-order valence-corrected chi connectivity index (χ3v) is 5.29. The largest absolute Gasteiger partial charge is 0.348 e. The van der Waals surface area contributed by atoms with Gasteiger partial charge in [0.15, 0.2) is 0 Å². The number of amides is 2. The zero-order valence-corrected chi connectivity index (χ0v) is 16.8. The number of aryl methyl sites for hydroxylation is 1. The van der Waals surface area contributed by atoms with E-state index in [9.17, 15) is 19.7 Å². The molecule has 0 bridgehead atoms. The molecule has 2 N–H and O–H groups in total. The smallest absolute Gasteiger partial charge is 0.313 e. The molecule has 1 aliphatic heterocycles. The van der Waals surface area contributed by atoms with Gasteiger partial charge in [-0.1, -0.05) is 0 Å². The van der Waals surface area contributed by atoms with E-state index < -0.39 is 16.7 Å². The van der Waals surface area contributed by atoms with Gasteiger partial charge in [-0.25, -0.2) is 0 Å². The number of anilines is 1. The molecule has 30 heavy (non-hydrogen) atoms. The summed E-state index contributed by atoms with van der Waals surface area (Å²) >= 11 is 0.